The molecule has 1 saturated heterocycles. The van der Waals surface area contributed by atoms with Crippen LogP contribution in [-0.4, -0.2) is 17.0 Å². The number of hydrazine groups is 1. The third kappa shape index (κ3) is 3.44. The molecular weight excluding hydrogens is 303 g/mol. The first kappa shape index (κ1) is 13.3. The van der Waals surface area contributed by atoms with Crippen molar-refractivity contribution >= 4 is 27.7 Å². The zero-order chi connectivity index (χ0) is 12.3. The summed E-state index contributed by atoms with van der Waals surface area (Å²) in [5.41, 5.74) is 3.56. The lowest BCUT2D eigenvalue weighted by Gasteiger charge is -2.22. The first-order chi connectivity index (χ1) is 8.20. The number of rotatable bonds is 4. The van der Waals surface area contributed by atoms with E-state index in [-0.39, 0.29) is 11.9 Å². The van der Waals surface area contributed by atoms with E-state index in [1.54, 1.807) is 0 Å². The quantitative estimate of drug-likeness (QED) is 0.662. The van der Waals surface area contributed by atoms with Crippen LogP contribution in [-0.2, 0) is 6.42 Å². The molecule has 0 bridgehead atoms. The van der Waals surface area contributed by atoms with Gasteiger partial charge in [0.1, 0.15) is 5.82 Å². The van der Waals surface area contributed by atoms with E-state index in [0.29, 0.717) is 11.7 Å². The first-order valence-electron chi connectivity index (χ1n) is 5.72. The smallest absolute Gasteiger partial charge is 0.127 e. The third-order valence-corrected chi connectivity index (χ3v) is 5.09. The summed E-state index contributed by atoms with van der Waals surface area (Å²) < 4.78 is 14.5. The minimum Gasteiger partial charge on any atom is -0.271 e. The molecule has 3 N–H and O–H groups in total. The van der Waals surface area contributed by atoms with Crippen LogP contribution in [0.1, 0.15) is 18.4 Å². The second-order valence-electron chi connectivity index (χ2n) is 4.26. The Bertz CT molecular complexity index is 383. The van der Waals surface area contributed by atoms with Crippen molar-refractivity contribution in [2.24, 2.45) is 5.84 Å². The molecule has 94 valence electrons. The van der Waals surface area contributed by atoms with Crippen molar-refractivity contribution in [3.63, 3.8) is 0 Å². The molecule has 1 aliphatic heterocycles. The number of nitrogens with one attached hydrogen (secondary N) is 1. The van der Waals surface area contributed by atoms with E-state index in [9.17, 15) is 4.39 Å². The van der Waals surface area contributed by atoms with Crippen molar-refractivity contribution in [3.05, 3.63) is 34.1 Å². The summed E-state index contributed by atoms with van der Waals surface area (Å²) in [6.07, 6.45) is 3.04. The lowest BCUT2D eigenvalue weighted by molar-refractivity contribution is 0.484. The van der Waals surface area contributed by atoms with Gasteiger partial charge in [-0.05, 0) is 42.7 Å². The zero-order valence-electron chi connectivity index (χ0n) is 9.46. The van der Waals surface area contributed by atoms with E-state index >= 15 is 0 Å². The monoisotopic (exact) mass is 318 g/mol. The Hall–Kier alpha value is -0.100. The maximum absolute atomic E-state index is 13.7. The topological polar surface area (TPSA) is 38.0 Å². The molecular formula is C12H16BrFN2S. The first-order valence-corrected chi connectivity index (χ1v) is 7.56. The summed E-state index contributed by atoms with van der Waals surface area (Å²) in [4.78, 5) is 0. The fourth-order valence-corrected chi connectivity index (χ4v) is 3.85. The highest BCUT2D eigenvalue weighted by molar-refractivity contribution is 9.10. The molecule has 2 rings (SSSR count). The SMILES string of the molecule is NNC(Cc1ccc(Br)cc1F)C1CCCS1. The van der Waals surface area contributed by atoms with Crippen molar-refractivity contribution in [2.75, 3.05) is 5.75 Å². The molecule has 0 amide bonds. The van der Waals surface area contributed by atoms with Crippen LogP contribution in [0.3, 0.4) is 0 Å². The summed E-state index contributed by atoms with van der Waals surface area (Å²) in [5.74, 6) is 6.61. The van der Waals surface area contributed by atoms with E-state index in [1.807, 2.05) is 23.9 Å². The van der Waals surface area contributed by atoms with E-state index in [4.69, 9.17) is 5.84 Å². The normalized spacial score (nSPS) is 21.7. The predicted molar refractivity (Wildman–Crippen MR) is 74.4 cm³/mol. The lowest BCUT2D eigenvalue weighted by atomic mass is 10.0. The van der Waals surface area contributed by atoms with Crippen LogP contribution in [0, 0.1) is 5.82 Å². The Morgan fingerprint density at radius 2 is 2.41 bits per heavy atom. The number of hydrogen-bond donors (Lipinski definition) is 2. The highest BCUT2D eigenvalue weighted by Gasteiger charge is 2.25. The highest BCUT2D eigenvalue weighted by atomic mass is 79.9. The van der Waals surface area contributed by atoms with Crippen molar-refractivity contribution in [1.29, 1.82) is 0 Å². The lowest BCUT2D eigenvalue weighted by Crippen LogP contribution is -2.43. The Morgan fingerprint density at radius 1 is 1.59 bits per heavy atom. The van der Waals surface area contributed by atoms with Crippen LogP contribution in [0.15, 0.2) is 22.7 Å². The summed E-state index contributed by atoms with van der Waals surface area (Å²) in [5, 5.41) is 0.503. The van der Waals surface area contributed by atoms with Crippen molar-refractivity contribution in [2.45, 2.75) is 30.6 Å². The van der Waals surface area contributed by atoms with Gasteiger partial charge < -0.3 is 0 Å². The molecule has 5 heteroatoms. The minimum absolute atomic E-state index is 0.151. The summed E-state index contributed by atoms with van der Waals surface area (Å²) >= 11 is 5.19. The molecule has 1 aromatic carbocycles. The number of thioether (sulfide) groups is 1. The molecule has 1 aromatic rings. The van der Waals surface area contributed by atoms with Crippen LogP contribution < -0.4 is 11.3 Å². The molecule has 2 nitrogen and oxygen atoms in total. The van der Waals surface area contributed by atoms with E-state index in [0.717, 1.165) is 16.5 Å². The van der Waals surface area contributed by atoms with E-state index < -0.39 is 0 Å². The van der Waals surface area contributed by atoms with Gasteiger partial charge in [-0.25, -0.2) is 4.39 Å². The molecule has 0 aliphatic carbocycles. The standard InChI is InChI=1S/C12H16BrFN2S/c13-9-4-3-8(10(14)7-9)6-11(16-15)12-2-1-5-17-12/h3-4,7,11-12,16H,1-2,5-6,15H2. The molecule has 1 fully saturated rings. The number of nitrogens with two attached hydrogens (primary N) is 1. The predicted octanol–water partition coefficient (Wildman–Crippen LogP) is 2.86. The Labute approximate surface area is 114 Å². The van der Waals surface area contributed by atoms with Gasteiger partial charge in [-0.3, -0.25) is 11.3 Å². The molecule has 2 atom stereocenters. The van der Waals surface area contributed by atoms with Gasteiger partial charge in [0.15, 0.2) is 0 Å². The fourth-order valence-electron chi connectivity index (χ4n) is 2.14. The molecule has 1 aliphatic rings. The second-order valence-corrected chi connectivity index (χ2v) is 6.53. The zero-order valence-corrected chi connectivity index (χ0v) is 11.9. The number of benzene rings is 1. The maximum atomic E-state index is 13.7. The maximum Gasteiger partial charge on any atom is 0.127 e. The average molecular weight is 319 g/mol. The fraction of sp³-hybridized carbons (Fsp3) is 0.500. The number of hydrogen-bond acceptors (Lipinski definition) is 3. The van der Waals surface area contributed by atoms with E-state index in [1.165, 1.54) is 18.2 Å². The number of halogens is 2. The van der Waals surface area contributed by atoms with Crippen molar-refractivity contribution in [1.82, 2.24) is 5.43 Å². The van der Waals surface area contributed by atoms with Gasteiger partial charge in [0, 0.05) is 15.8 Å². The summed E-state index contributed by atoms with van der Waals surface area (Å²) in [6, 6.07) is 5.35. The van der Waals surface area contributed by atoms with Gasteiger partial charge in [-0.2, -0.15) is 11.8 Å². The average Bonchev–Trinajstić information content (AvgIpc) is 2.81. The largest absolute Gasteiger partial charge is 0.271 e. The summed E-state index contributed by atoms with van der Waals surface area (Å²) in [7, 11) is 0. The van der Waals surface area contributed by atoms with Gasteiger partial charge in [0.25, 0.3) is 0 Å². The van der Waals surface area contributed by atoms with Gasteiger partial charge in [0.2, 0.25) is 0 Å². The van der Waals surface area contributed by atoms with Crippen molar-refractivity contribution < 1.29 is 4.39 Å². The van der Waals surface area contributed by atoms with E-state index in [2.05, 4.69) is 21.4 Å². The van der Waals surface area contributed by atoms with Crippen LogP contribution in [0.4, 0.5) is 4.39 Å². The molecule has 0 spiro atoms. The molecule has 0 aromatic heterocycles. The second kappa shape index (κ2) is 6.18. The summed E-state index contributed by atoms with van der Waals surface area (Å²) in [6.45, 7) is 0. The van der Waals surface area contributed by atoms with Crippen molar-refractivity contribution in [3.8, 4) is 0 Å². The van der Waals surface area contributed by atoms with Crippen LogP contribution >= 0.6 is 27.7 Å². The van der Waals surface area contributed by atoms with Gasteiger partial charge >= 0.3 is 0 Å². The Morgan fingerprint density at radius 3 is 3.00 bits per heavy atom. The van der Waals surface area contributed by atoms with Gasteiger partial charge in [0.05, 0.1) is 0 Å². The molecule has 1 heterocycles. The molecule has 0 radical (unpaired) electrons. The highest BCUT2D eigenvalue weighted by Crippen LogP contribution is 2.30. The minimum atomic E-state index is -0.164. The third-order valence-electron chi connectivity index (χ3n) is 3.08. The molecule has 0 saturated carbocycles. The van der Waals surface area contributed by atoms with Crippen LogP contribution in [0.25, 0.3) is 0 Å². The van der Waals surface area contributed by atoms with Gasteiger partial charge in [-0.1, -0.05) is 22.0 Å². The van der Waals surface area contributed by atoms with Crippen LogP contribution in [0.2, 0.25) is 0 Å². The Kier molecular flexibility index (Phi) is 4.85. The van der Waals surface area contributed by atoms with Gasteiger partial charge in [-0.15, -0.1) is 0 Å². The Balaban J connectivity index is 2.06. The molecule has 17 heavy (non-hydrogen) atoms. The van der Waals surface area contributed by atoms with Crippen LogP contribution in [0.5, 0.6) is 0 Å². The molecule has 2 unspecified atom stereocenters.